The average Bonchev–Trinajstić information content (AvgIpc) is 3.03. The Hall–Kier alpha value is -2.53. The van der Waals surface area contributed by atoms with Gasteiger partial charge in [0.25, 0.3) is 0 Å². The van der Waals surface area contributed by atoms with Crippen molar-refractivity contribution in [1.29, 1.82) is 0 Å². The zero-order valence-corrected chi connectivity index (χ0v) is 15.5. The number of nitrogens with one attached hydrogen (secondary N) is 1. The number of methoxy groups -OCH3 is 1. The molecule has 0 bridgehead atoms. The van der Waals surface area contributed by atoms with Gasteiger partial charge < -0.3 is 15.0 Å². The summed E-state index contributed by atoms with van der Waals surface area (Å²) in [5.74, 6) is -0.143. The Balaban J connectivity index is 1.76. The number of benzene rings is 2. The van der Waals surface area contributed by atoms with Gasteiger partial charge in [0.2, 0.25) is 11.8 Å². The van der Waals surface area contributed by atoms with Crippen LogP contribution in [-0.2, 0) is 16.0 Å². The Kier molecular flexibility index (Phi) is 5.47. The minimum absolute atomic E-state index is 0.0379. The predicted octanol–water partition coefficient (Wildman–Crippen LogP) is 3.90. The van der Waals surface area contributed by atoms with Gasteiger partial charge in [0.05, 0.1) is 18.7 Å². The molecular formula is C20H21ClN2O3. The van der Waals surface area contributed by atoms with Crippen molar-refractivity contribution in [3.63, 3.8) is 0 Å². The molecule has 2 aromatic rings. The molecule has 2 amide bonds. The number of rotatable bonds is 5. The van der Waals surface area contributed by atoms with Crippen LogP contribution < -0.4 is 15.0 Å². The topological polar surface area (TPSA) is 58.6 Å². The lowest BCUT2D eigenvalue weighted by Gasteiger charge is -2.20. The van der Waals surface area contributed by atoms with Crippen molar-refractivity contribution in [2.45, 2.75) is 19.8 Å². The monoisotopic (exact) mass is 372 g/mol. The highest BCUT2D eigenvalue weighted by atomic mass is 35.5. The maximum Gasteiger partial charge on any atom is 0.229 e. The molecule has 1 heterocycles. The molecule has 0 spiro atoms. The second kappa shape index (κ2) is 7.79. The maximum atomic E-state index is 12.7. The van der Waals surface area contributed by atoms with E-state index >= 15 is 0 Å². The van der Waals surface area contributed by atoms with E-state index in [0.717, 1.165) is 17.7 Å². The van der Waals surface area contributed by atoms with Gasteiger partial charge >= 0.3 is 0 Å². The average molecular weight is 373 g/mol. The summed E-state index contributed by atoms with van der Waals surface area (Å²) in [6.45, 7) is 2.42. The van der Waals surface area contributed by atoms with Gasteiger partial charge in [-0.05, 0) is 36.2 Å². The van der Waals surface area contributed by atoms with Gasteiger partial charge in [-0.2, -0.15) is 0 Å². The molecular weight excluding hydrogens is 352 g/mol. The smallest absolute Gasteiger partial charge is 0.229 e. The minimum Gasteiger partial charge on any atom is -0.495 e. The van der Waals surface area contributed by atoms with E-state index in [4.69, 9.17) is 16.3 Å². The largest absolute Gasteiger partial charge is 0.495 e. The normalized spacial score (nSPS) is 16.7. The molecule has 1 aliphatic rings. The fraction of sp³-hybridized carbons (Fsp3) is 0.300. The predicted molar refractivity (Wildman–Crippen MR) is 103 cm³/mol. The first kappa shape index (κ1) is 18.3. The van der Waals surface area contributed by atoms with Crippen LogP contribution >= 0.6 is 11.6 Å². The first-order valence-corrected chi connectivity index (χ1v) is 8.94. The lowest BCUT2D eigenvalue weighted by atomic mass is 10.1. The minimum atomic E-state index is -0.420. The lowest BCUT2D eigenvalue weighted by Crippen LogP contribution is -2.28. The molecule has 26 heavy (non-hydrogen) atoms. The first-order valence-electron chi connectivity index (χ1n) is 8.56. The maximum absolute atomic E-state index is 12.7. The Morgan fingerprint density at radius 1 is 1.31 bits per heavy atom. The summed E-state index contributed by atoms with van der Waals surface area (Å²) >= 11 is 6.01. The molecule has 0 aromatic heterocycles. The van der Waals surface area contributed by atoms with E-state index in [1.165, 1.54) is 7.11 Å². The number of carbonyl (C=O) groups is 2. The van der Waals surface area contributed by atoms with Crippen molar-refractivity contribution >= 4 is 34.8 Å². The number of amides is 2. The standard InChI is InChI=1S/C20H21ClN2O3/c1-3-13-6-4-5-7-17(13)23-12-14(10-19(23)24)20(25)22-16-11-15(21)8-9-18(16)26-2/h4-9,11,14H,3,10,12H2,1-2H3,(H,22,25)/t14-/m1/s1. The van der Waals surface area contributed by atoms with E-state index in [2.05, 4.69) is 12.2 Å². The number of carbonyl (C=O) groups excluding carboxylic acids is 2. The van der Waals surface area contributed by atoms with Gasteiger partial charge in [-0.1, -0.05) is 36.7 Å². The first-order chi connectivity index (χ1) is 12.5. The summed E-state index contributed by atoms with van der Waals surface area (Å²) < 4.78 is 5.25. The zero-order chi connectivity index (χ0) is 18.7. The van der Waals surface area contributed by atoms with Crippen molar-refractivity contribution in [3.8, 4) is 5.75 Å². The van der Waals surface area contributed by atoms with E-state index in [1.54, 1.807) is 23.1 Å². The van der Waals surface area contributed by atoms with Crippen molar-refractivity contribution in [2.75, 3.05) is 23.9 Å². The molecule has 1 fully saturated rings. The lowest BCUT2D eigenvalue weighted by molar-refractivity contribution is -0.122. The van der Waals surface area contributed by atoms with Gasteiger partial charge in [-0.3, -0.25) is 9.59 Å². The highest BCUT2D eigenvalue weighted by molar-refractivity contribution is 6.31. The Bertz CT molecular complexity index is 838. The molecule has 6 heteroatoms. The number of para-hydroxylation sites is 1. The number of anilines is 2. The number of ether oxygens (including phenoxy) is 1. The Morgan fingerprint density at radius 2 is 2.08 bits per heavy atom. The molecule has 3 rings (SSSR count). The molecule has 0 aliphatic carbocycles. The molecule has 5 nitrogen and oxygen atoms in total. The van der Waals surface area contributed by atoms with E-state index in [1.807, 2.05) is 24.3 Å². The molecule has 2 aromatic carbocycles. The highest BCUT2D eigenvalue weighted by Gasteiger charge is 2.36. The summed E-state index contributed by atoms with van der Waals surface area (Å²) in [4.78, 5) is 26.9. The Morgan fingerprint density at radius 3 is 2.81 bits per heavy atom. The third kappa shape index (κ3) is 3.68. The van der Waals surface area contributed by atoms with Crippen LogP contribution in [0.4, 0.5) is 11.4 Å². The summed E-state index contributed by atoms with van der Waals surface area (Å²) in [5.41, 5.74) is 2.49. The molecule has 0 saturated carbocycles. The second-order valence-corrected chi connectivity index (χ2v) is 6.66. The van der Waals surface area contributed by atoms with Crippen LogP contribution in [0.5, 0.6) is 5.75 Å². The summed E-state index contributed by atoms with van der Waals surface area (Å²) in [5, 5.41) is 3.34. The fourth-order valence-electron chi connectivity index (χ4n) is 3.20. The molecule has 0 radical (unpaired) electrons. The fourth-order valence-corrected chi connectivity index (χ4v) is 3.37. The number of hydrogen-bond donors (Lipinski definition) is 1. The molecule has 1 saturated heterocycles. The number of nitrogens with zero attached hydrogens (tertiary/aromatic N) is 1. The summed E-state index contributed by atoms with van der Waals surface area (Å²) in [6.07, 6.45) is 1.02. The van der Waals surface area contributed by atoms with Crippen molar-refractivity contribution in [2.24, 2.45) is 5.92 Å². The van der Waals surface area contributed by atoms with Gasteiger partial charge in [0.1, 0.15) is 5.75 Å². The van der Waals surface area contributed by atoms with Crippen LogP contribution in [0, 0.1) is 5.92 Å². The van der Waals surface area contributed by atoms with Crippen LogP contribution in [0.3, 0.4) is 0 Å². The van der Waals surface area contributed by atoms with Gasteiger partial charge in [0.15, 0.2) is 0 Å². The van der Waals surface area contributed by atoms with Crippen LogP contribution in [0.1, 0.15) is 18.9 Å². The molecule has 1 N–H and O–H groups in total. The van der Waals surface area contributed by atoms with E-state index in [0.29, 0.717) is 23.0 Å². The van der Waals surface area contributed by atoms with Crippen LogP contribution in [0.25, 0.3) is 0 Å². The number of halogens is 1. The Labute approximate surface area is 157 Å². The molecule has 0 unspecified atom stereocenters. The summed E-state index contributed by atoms with van der Waals surface area (Å²) in [7, 11) is 1.53. The second-order valence-electron chi connectivity index (χ2n) is 6.22. The molecule has 1 aliphatic heterocycles. The third-order valence-electron chi connectivity index (χ3n) is 4.58. The zero-order valence-electron chi connectivity index (χ0n) is 14.8. The van der Waals surface area contributed by atoms with E-state index in [-0.39, 0.29) is 18.2 Å². The van der Waals surface area contributed by atoms with E-state index < -0.39 is 5.92 Å². The van der Waals surface area contributed by atoms with Gasteiger partial charge in [0, 0.05) is 23.7 Å². The summed E-state index contributed by atoms with van der Waals surface area (Å²) in [6, 6.07) is 12.8. The van der Waals surface area contributed by atoms with Gasteiger partial charge in [-0.25, -0.2) is 0 Å². The van der Waals surface area contributed by atoms with Crippen molar-refractivity contribution < 1.29 is 14.3 Å². The highest BCUT2D eigenvalue weighted by Crippen LogP contribution is 2.31. The van der Waals surface area contributed by atoms with Crippen LogP contribution in [0.2, 0.25) is 5.02 Å². The quantitative estimate of drug-likeness (QED) is 0.865. The van der Waals surface area contributed by atoms with Crippen LogP contribution in [0.15, 0.2) is 42.5 Å². The van der Waals surface area contributed by atoms with Gasteiger partial charge in [-0.15, -0.1) is 0 Å². The molecule has 1 atom stereocenters. The van der Waals surface area contributed by atoms with Crippen LogP contribution in [-0.4, -0.2) is 25.5 Å². The van der Waals surface area contributed by atoms with E-state index in [9.17, 15) is 9.59 Å². The van der Waals surface area contributed by atoms with Crippen molar-refractivity contribution in [1.82, 2.24) is 0 Å². The SMILES string of the molecule is CCc1ccccc1N1C[C@H](C(=O)Nc2cc(Cl)ccc2OC)CC1=O. The van der Waals surface area contributed by atoms with Crippen molar-refractivity contribution in [3.05, 3.63) is 53.1 Å². The third-order valence-corrected chi connectivity index (χ3v) is 4.81. The molecule has 136 valence electrons. The number of hydrogen-bond acceptors (Lipinski definition) is 3. The number of aryl methyl sites for hydroxylation is 1.